The highest BCUT2D eigenvalue weighted by atomic mass is 16.5. The Morgan fingerprint density at radius 2 is 1.36 bits per heavy atom. The number of likely N-dealkylation sites (tertiary alicyclic amines) is 1. The summed E-state index contributed by atoms with van der Waals surface area (Å²) in [6.45, 7) is 8.16. The molecule has 1 N–H and O–H groups in total. The molecular weight excluding hydrogens is 628 g/mol. The molecule has 0 aliphatic carbocycles. The van der Waals surface area contributed by atoms with Gasteiger partial charge in [0.25, 0.3) is 5.91 Å². The van der Waals surface area contributed by atoms with Crippen LogP contribution in [0.25, 0.3) is 0 Å². The van der Waals surface area contributed by atoms with Gasteiger partial charge in [0.2, 0.25) is 11.8 Å². The molecule has 0 aromatic heterocycles. The van der Waals surface area contributed by atoms with Gasteiger partial charge in [-0.2, -0.15) is 0 Å². The van der Waals surface area contributed by atoms with Gasteiger partial charge in [-0.3, -0.25) is 14.4 Å². The first-order valence-corrected chi connectivity index (χ1v) is 17.9. The molecule has 50 heavy (non-hydrogen) atoms. The van der Waals surface area contributed by atoms with Crippen molar-refractivity contribution in [3.63, 3.8) is 0 Å². The number of benzene rings is 3. The lowest BCUT2D eigenvalue weighted by atomic mass is 9.73. The standard InChI is InChI=1S/C41H46N4O5/c1-4-40-23-13-25-43(31-17-11-8-12-18-31)37(47)34(40)35-38(48)45(33(28-46)27-29-15-9-7-10-16-29)36-39(49)44(26-14-24-41(35,36)50-40)32-21-19-30(20-22-32)42(5-2)6-3/h7-24,33-36,46H,4-6,25-28H2,1-3H3/t33-,34+,35+,36?,40-,41+/m1/s1. The van der Waals surface area contributed by atoms with Crippen molar-refractivity contribution in [1.29, 1.82) is 0 Å². The monoisotopic (exact) mass is 674 g/mol. The molecule has 0 radical (unpaired) electrons. The van der Waals surface area contributed by atoms with Crippen LogP contribution >= 0.6 is 0 Å². The van der Waals surface area contributed by atoms with Gasteiger partial charge in [0.1, 0.15) is 11.6 Å². The van der Waals surface area contributed by atoms with Gasteiger partial charge in [-0.05, 0) is 68.7 Å². The second-order valence-corrected chi connectivity index (χ2v) is 13.6. The molecule has 4 aliphatic rings. The van der Waals surface area contributed by atoms with Crippen LogP contribution in [0, 0.1) is 11.8 Å². The van der Waals surface area contributed by atoms with E-state index >= 15 is 9.59 Å². The Hall–Kier alpha value is -4.73. The molecule has 9 nitrogen and oxygen atoms in total. The molecule has 9 heteroatoms. The van der Waals surface area contributed by atoms with Crippen LogP contribution in [-0.4, -0.2) is 83.8 Å². The lowest BCUT2D eigenvalue weighted by Gasteiger charge is -2.41. The lowest BCUT2D eigenvalue weighted by molar-refractivity contribution is -0.149. The number of para-hydroxylation sites is 1. The first-order chi connectivity index (χ1) is 24.3. The highest BCUT2D eigenvalue weighted by Gasteiger charge is 2.76. The summed E-state index contributed by atoms with van der Waals surface area (Å²) in [4.78, 5) is 52.4. The van der Waals surface area contributed by atoms with Gasteiger partial charge in [-0.15, -0.1) is 0 Å². The Kier molecular flexibility index (Phi) is 9.13. The summed E-state index contributed by atoms with van der Waals surface area (Å²) >= 11 is 0. The molecule has 0 saturated carbocycles. The average Bonchev–Trinajstić information content (AvgIpc) is 3.44. The number of nitrogens with zero attached hydrogens (tertiary/aromatic N) is 4. The quantitative estimate of drug-likeness (QED) is 0.305. The molecule has 4 aliphatic heterocycles. The molecule has 6 atom stereocenters. The number of carbonyl (C=O) groups is 3. The van der Waals surface area contributed by atoms with Gasteiger partial charge in [0, 0.05) is 43.2 Å². The smallest absolute Gasteiger partial charge is 0.253 e. The molecule has 2 fully saturated rings. The van der Waals surface area contributed by atoms with E-state index in [1.54, 1.807) is 14.7 Å². The van der Waals surface area contributed by atoms with Crippen molar-refractivity contribution < 1.29 is 24.2 Å². The van der Waals surface area contributed by atoms with E-state index in [2.05, 4.69) is 18.7 Å². The topological polar surface area (TPSA) is 93.6 Å². The zero-order valence-corrected chi connectivity index (χ0v) is 29.0. The van der Waals surface area contributed by atoms with Crippen LogP contribution < -0.4 is 14.7 Å². The number of hydrogen-bond acceptors (Lipinski definition) is 6. The molecule has 0 bridgehead atoms. The summed E-state index contributed by atoms with van der Waals surface area (Å²) in [6.07, 6.45) is 8.45. The molecule has 3 aromatic rings. The van der Waals surface area contributed by atoms with Gasteiger partial charge < -0.3 is 29.4 Å². The minimum absolute atomic E-state index is 0.212. The maximum Gasteiger partial charge on any atom is 0.253 e. The van der Waals surface area contributed by atoms with Crippen molar-refractivity contribution in [2.45, 2.75) is 56.9 Å². The van der Waals surface area contributed by atoms with Gasteiger partial charge >= 0.3 is 0 Å². The molecule has 3 amide bonds. The molecule has 4 heterocycles. The lowest BCUT2D eigenvalue weighted by Crippen LogP contribution is -2.59. The van der Waals surface area contributed by atoms with E-state index in [0.29, 0.717) is 25.1 Å². The number of fused-ring (bicyclic) bond motifs is 2. The number of amides is 3. The minimum atomic E-state index is -1.44. The number of rotatable bonds is 10. The molecule has 1 unspecified atom stereocenters. The fourth-order valence-electron chi connectivity index (χ4n) is 8.73. The highest BCUT2D eigenvalue weighted by Crippen LogP contribution is 2.59. The minimum Gasteiger partial charge on any atom is -0.394 e. The van der Waals surface area contributed by atoms with Gasteiger partial charge in [-0.25, -0.2) is 0 Å². The van der Waals surface area contributed by atoms with E-state index in [1.807, 2.05) is 116 Å². The number of anilines is 3. The average molecular weight is 675 g/mol. The SMILES string of the molecule is CCN(CC)c1ccc(N2CC=C[C@]34O[C@]5(CC)C=CCN(c6ccccc6)C(=O)[C@@H]5[C@H]3C(=O)N([C@@H](CO)Cc3ccccc3)C4C2=O)cc1. The van der Waals surface area contributed by atoms with Crippen molar-refractivity contribution >= 4 is 34.8 Å². The van der Waals surface area contributed by atoms with Crippen LogP contribution in [0.4, 0.5) is 17.1 Å². The maximum atomic E-state index is 15.2. The second kappa shape index (κ2) is 13.5. The number of aliphatic hydroxyl groups excluding tert-OH is 1. The van der Waals surface area contributed by atoms with Gasteiger partial charge in [0.15, 0.2) is 0 Å². The number of ether oxygens (including phenoxy) is 1. The largest absolute Gasteiger partial charge is 0.394 e. The molecule has 3 aromatic carbocycles. The predicted octanol–water partition coefficient (Wildman–Crippen LogP) is 5.00. The fourth-order valence-corrected chi connectivity index (χ4v) is 8.73. The molecule has 260 valence electrons. The van der Waals surface area contributed by atoms with E-state index in [0.717, 1.165) is 30.0 Å². The summed E-state index contributed by atoms with van der Waals surface area (Å²) in [5.74, 6) is -2.73. The van der Waals surface area contributed by atoms with Crippen LogP contribution in [0.2, 0.25) is 0 Å². The molecule has 2 saturated heterocycles. The van der Waals surface area contributed by atoms with Crippen molar-refractivity contribution in [1.82, 2.24) is 4.90 Å². The maximum absolute atomic E-state index is 15.2. The van der Waals surface area contributed by atoms with Gasteiger partial charge in [0.05, 0.1) is 30.1 Å². The van der Waals surface area contributed by atoms with Gasteiger partial charge in [-0.1, -0.05) is 79.8 Å². The fraction of sp³-hybridized carbons (Fsp3) is 0.390. The number of carbonyl (C=O) groups excluding carboxylic acids is 3. The highest BCUT2D eigenvalue weighted by molar-refractivity contribution is 6.07. The zero-order chi connectivity index (χ0) is 35.0. The van der Waals surface area contributed by atoms with Crippen LogP contribution in [0.15, 0.2) is 109 Å². The normalized spacial score (nSPS) is 27.9. The van der Waals surface area contributed by atoms with Crippen LogP contribution in [0.3, 0.4) is 0 Å². The predicted molar refractivity (Wildman–Crippen MR) is 195 cm³/mol. The summed E-state index contributed by atoms with van der Waals surface area (Å²) in [5, 5.41) is 10.9. The van der Waals surface area contributed by atoms with E-state index in [-0.39, 0.29) is 30.9 Å². The van der Waals surface area contributed by atoms with Crippen LogP contribution in [0.5, 0.6) is 0 Å². The Balaban J connectivity index is 1.35. The Labute approximate surface area is 294 Å². The first-order valence-electron chi connectivity index (χ1n) is 17.9. The van der Waals surface area contributed by atoms with E-state index in [1.165, 1.54) is 0 Å². The van der Waals surface area contributed by atoms with Crippen molar-refractivity contribution in [3.05, 3.63) is 115 Å². The second-order valence-electron chi connectivity index (χ2n) is 13.6. The summed E-state index contributed by atoms with van der Waals surface area (Å²) < 4.78 is 7.19. The first kappa shape index (κ1) is 33.8. The molecular formula is C41H46N4O5. The van der Waals surface area contributed by atoms with Crippen molar-refractivity contribution in [2.75, 3.05) is 47.5 Å². The van der Waals surface area contributed by atoms with E-state index in [9.17, 15) is 9.90 Å². The summed E-state index contributed by atoms with van der Waals surface area (Å²) in [7, 11) is 0. The number of aliphatic hydroxyl groups is 1. The third kappa shape index (κ3) is 5.34. The third-order valence-corrected chi connectivity index (χ3v) is 11.2. The third-order valence-electron chi connectivity index (χ3n) is 11.2. The Morgan fingerprint density at radius 3 is 1.98 bits per heavy atom. The molecule has 1 spiro atoms. The van der Waals surface area contributed by atoms with Crippen molar-refractivity contribution in [3.8, 4) is 0 Å². The Morgan fingerprint density at radius 1 is 0.760 bits per heavy atom. The number of hydrogen-bond donors (Lipinski definition) is 1. The van der Waals surface area contributed by atoms with E-state index < -0.39 is 35.1 Å². The summed E-state index contributed by atoms with van der Waals surface area (Å²) in [6, 6.07) is 25.2. The molecule has 7 rings (SSSR count). The summed E-state index contributed by atoms with van der Waals surface area (Å²) in [5.41, 5.74) is 0.887. The zero-order valence-electron chi connectivity index (χ0n) is 29.0. The Bertz CT molecular complexity index is 1780. The van der Waals surface area contributed by atoms with Crippen molar-refractivity contribution in [2.24, 2.45) is 11.8 Å². The van der Waals surface area contributed by atoms with E-state index in [4.69, 9.17) is 4.74 Å². The van der Waals surface area contributed by atoms with Crippen LogP contribution in [0.1, 0.15) is 32.8 Å². The van der Waals surface area contributed by atoms with Crippen LogP contribution in [-0.2, 0) is 25.5 Å².